The van der Waals surface area contributed by atoms with Gasteiger partial charge in [-0.15, -0.1) is 0 Å². The lowest BCUT2D eigenvalue weighted by molar-refractivity contribution is -0.141. The van der Waals surface area contributed by atoms with Gasteiger partial charge in [-0.3, -0.25) is 4.90 Å². The molecule has 6 heteroatoms. The molecular formula is C13H25N3O3. The van der Waals surface area contributed by atoms with Crippen LogP contribution in [-0.2, 0) is 4.79 Å². The molecule has 2 unspecified atom stereocenters. The van der Waals surface area contributed by atoms with E-state index in [2.05, 4.69) is 24.2 Å². The molecule has 6 nitrogen and oxygen atoms in total. The highest BCUT2D eigenvalue weighted by Gasteiger charge is 2.30. The molecule has 0 aliphatic heterocycles. The van der Waals surface area contributed by atoms with Gasteiger partial charge in [0.1, 0.15) is 6.04 Å². The van der Waals surface area contributed by atoms with Gasteiger partial charge in [-0.2, -0.15) is 0 Å². The minimum Gasteiger partial charge on any atom is -0.480 e. The van der Waals surface area contributed by atoms with E-state index < -0.39 is 12.0 Å². The fourth-order valence-electron chi connectivity index (χ4n) is 2.10. The van der Waals surface area contributed by atoms with Gasteiger partial charge in [0.25, 0.3) is 0 Å². The van der Waals surface area contributed by atoms with Gasteiger partial charge in [0.15, 0.2) is 0 Å². The highest BCUT2D eigenvalue weighted by molar-refractivity contribution is 5.82. The maximum atomic E-state index is 11.9. The quantitative estimate of drug-likeness (QED) is 0.724. The number of nitrogens with one attached hydrogen (secondary N) is 1. The van der Waals surface area contributed by atoms with Crippen LogP contribution in [0.25, 0.3) is 0 Å². The molecule has 1 aliphatic carbocycles. The summed E-state index contributed by atoms with van der Waals surface area (Å²) in [4.78, 5) is 26.4. The zero-order valence-electron chi connectivity index (χ0n) is 12.2. The van der Waals surface area contributed by atoms with Crippen LogP contribution >= 0.6 is 0 Å². The fourth-order valence-corrected chi connectivity index (χ4v) is 2.10. The van der Waals surface area contributed by atoms with E-state index in [1.54, 1.807) is 6.92 Å². The number of urea groups is 1. The first-order valence-corrected chi connectivity index (χ1v) is 6.83. The Labute approximate surface area is 114 Å². The molecule has 110 valence electrons. The number of likely N-dealkylation sites (N-methyl/N-ethyl adjacent to an activating group) is 2. The van der Waals surface area contributed by atoms with Gasteiger partial charge in [-0.25, -0.2) is 9.59 Å². The van der Waals surface area contributed by atoms with Crippen LogP contribution in [0.2, 0.25) is 0 Å². The molecule has 1 fully saturated rings. The number of carboxylic acids is 1. The average molecular weight is 271 g/mol. The van der Waals surface area contributed by atoms with Gasteiger partial charge < -0.3 is 15.3 Å². The summed E-state index contributed by atoms with van der Waals surface area (Å²) < 4.78 is 0. The van der Waals surface area contributed by atoms with E-state index in [9.17, 15) is 9.59 Å². The lowest BCUT2D eigenvalue weighted by Crippen LogP contribution is -2.50. The molecule has 0 spiro atoms. The Balaban J connectivity index is 2.38. The number of hydrogen-bond donors (Lipinski definition) is 2. The summed E-state index contributed by atoms with van der Waals surface area (Å²) in [6.45, 7) is 4.35. The van der Waals surface area contributed by atoms with E-state index in [4.69, 9.17) is 5.11 Å². The lowest BCUT2D eigenvalue weighted by Gasteiger charge is -2.28. The molecule has 2 atom stereocenters. The Morgan fingerprint density at radius 2 is 1.95 bits per heavy atom. The van der Waals surface area contributed by atoms with Crippen LogP contribution in [0.3, 0.4) is 0 Å². The van der Waals surface area contributed by atoms with E-state index in [1.165, 1.54) is 24.8 Å². The third-order valence-electron chi connectivity index (χ3n) is 3.83. The van der Waals surface area contributed by atoms with Crippen LogP contribution in [0.5, 0.6) is 0 Å². The van der Waals surface area contributed by atoms with Crippen LogP contribution in [0, 0.1) is 0 Å². The predicted octanol–water partition coefficient (Wildman–Crippen LogP) is 0.974. The lowest BCUT2D eigenvalue weighted by atomic mass is 10.2. The number of nitrogens with zero attached hydrogens (tertiary/aromatic N) is 2. The molecule has 0 bridgehead atoms. The van der Waals surface area contributed by atoms with Crippen molar-refractivity contribution in [2.24, 2.45) is 0 Å². The Hall–Kier alpha value is -1.30. The Bertz CT molecular complexity index is 331. The van der Waals surface area contributed by atoms with Gasteiger partial charge in [-0.1, -0.05) is 6.92 Å². The van der Waals surface area contributed by atoms with E-state index in [-0.39, 0.29) is 12.1 Å². The number of carbonyl (C=O) groups excluding carboxylic acids is 1. The largest absolute Gasteiger partial charge is 0.480 e. The number of amides is 2. The van der Waals surface area contributed by atoms with E-state index in [1.807, 2.05) is 0 Å². The molecule has 1 aliphatic rings. The smallest absolute Gasteiger partial charge is 0.326 e. The Kier molecular flexibility index (Phi) is 5.60. The normalized spacial score (nSPS) is 17.9. The molecule has 0 saturated heterocycles. The molecule has 19 heavy (non-hydrogen) atoms. The van der Waals surface area contributed by atoms with Crippen molar-refractivity contribution in [3.63, 3.8) is 0 Å². The third kappa shape index (κ3) is 4.38. The molecule has 0 aromatic carbocycles. The summed E-state index contributed by atoms with van der Waals surface area (Å²) in [7, 11) is 3.58. The summed E-state index contributed by atoms with van der Waals surface area (Å²) in [6, 6.07) is -0.191. The highest BCUT2D eigenvalue weighted by Crippen LogP contribution is 2.26. The van der Waals surface area contributed by atoms with E-state index in [0.29, 0.717) is 19.0 Å². The summed E-state index contributed by atoms with van der Waals surface area (Å²) >= 11 is 0. The van der Waals surface area contributed by atoms with E-state index >= 15 is 0 Å². The number of aliphatic carboxylic acids is 1. The van der Waals surface area contributed by atoms with Gasteiger partial charge in [0.05, 0.1) is 0 Å². The first kappa shape index (κ1) is 15.8. The first-order chi connectivity index (χ1) is 8.88. The predicted molar refractivity (Wildman–Crippen MR) is 73.1 cm³/mol. The maximum absolute atomic E-state index is 11.9. The standard InChI is InChI=1S/C13H25N3O3/c1-5-11(12(17)18)16(4)13(19)14-8-9(2)15(3)10-6-7-10/h9-11H,5-8H2,1-4H3,(H,14,19)(H,17,18). The number of carboxylic acid groups (broad SMARTS) is 1. The summed E-state index contributed by atoms with van der Waals surface area (Å²) in [6.07, 6.45) is 2.86. The van der Waals surface area contributed by atoms with Crippen molar-refractivity contribution < 1.29 is 14.7 Å². The van der Waals surface area contributed by atoms with E-state index in [0.717, 1.165) is 0 Å². The maximum Gasteiger partial charge on any atom is 0.326 e. The number of rotatable bonds is 7. The van der Waals surface area contributed by atoms with Crippen molar-refractivity contribution in [3.05, 3.63) is 0 Å². The molecule has 0 aromatic rings. The third-order valence-corrected chi connectivity index (χ3v) is 3.83. The van der Waals surface area contributed by atoms with Crippen LogP contribution in [0.1, 0.15) is 33.1 Å². The van der Waals surface area contributed by atoms with Crippen molar-refractivity contribution in [2.45, 2.75) is 51.2 Å². The molecule has 2 N–H and O–H groups in total. The summed E-state index contributed by atoms with van der Waals surface area (Å²) in [5, 5.41) is 11.8. The zero-order valence-corrected chi connectivity index (χ0v) is 12.2. The summed E-state index contributed by atoms with van der Waals surface area (Å²) in [5.74, 6) is -0.969. The van der Waals surface area contributed by atoms with Gasteiger partial charge in [-0.05, 0) is 33.2 Å². The van der Waals surface area contributed by atoms with Crippen molar-refractivity contribution in [1.29, 1.82) is 0 Å². The average Bonchev–Trinajstić information content (AvgIpc) is 3.18. The van der Waals surface area contributed by atoms with Gasteiger partial charge in [0.2, 0.25) is 0 Å². The van der Waals surface area contributed by atoms with Crippen molar-refractivity contribution in [2.75, 3.05) is 20.6 Å². The van der Waals surface area contributed by atoms with Crippen LogP contribution in [0.15, 0.2) is 0 Å². The minimum absolute atomic E-state index is 0.259. The van der Waals surface area contributed by atoms with Crippen molar-refractivity contribution >= 4 is 12.0 Å². The van der Waals surface area contributed by atoms with Crippen LogP contribution in [-0.4, -0.2) is 65.7 Å². The second kappa shape index (κ2) is 6.75. The Morgan fingerprint density at radius 1 is 1.37 bits per heavy atom. The van der Waals surface area contributed by atoms with Crippen LogP contribution < -0.4 is 5.32 Å². The molecule has 1 rings (SSSR count). The Morgan fingerprint density at radius 3 is 2.37 bits per heavy atom. The topological polar surface area (TPSA) is 72.9 Å². The van der Waals surface area contributed by atoms with Gasteiger partial charge in [0, 0.05) is 25.7 Å². The molecule has 0 heterocycles. The molecule has 1 saturated carbocycles. The molecule has 2 amide bonds. The summed E-state index contributed by atoms with van der Waals surface area (Å²) in [5.41, 5.74) is 0. The minimum atomic E-state index is -0.969. The number of carbonyl (C=O) groups is 2. The second-order valence-electron chi connectivity index (χ2n) is 5.30. The zero-order chi connectivity index (χ0) is 14.6. The van der Waals surface area contributed by atoms with Crippen LogP contribution in [0.4, 0.5) is 4.79 Å². The number of hydrogen-bond acceptors (Lipinski definition) is 3. The van der Waals surface area contributed by atoms with Crippen molar-refractivity contribution in [1.82, 2.24) is 15.1 Å². The first-order valence-electron chi connectivity index (χ1n) is 6.83. The highest BCUT2D eigenvalue weighted by atomic mass is 16.4. The second-order valence-corrected chi connectivity index (χ2v) is 5.30. The monoisotopic (exact) mass is 271 g/mol. The van der Waals surface area contributed by atoms with Crippen molar-refractivity contribution in [3.8, 4) is 0 Å². The SMILES string of the molecule is CCC(C(=O)O)N(C)C(=O)NCC(C)N(C)C1CC1. The molecular weight excluding hydrogens is 246 g/mol. The fraction of sp³-hybridized carbons (Fsp3) is 0.846. The molecule has 0 aromatic heterocycles. The molecule has 0 radical (unpaired) electrons. The van der Waals surface area contributed by atoms with Gasteiger partial charge >= 0.3 is 12.0 Å².